The number of ketones is 1. The average molecular weight is 292 g/mol. The number of carbonyl (C=O) groups is 1. The van der Waals surface area contributed by atoms with Crippen molar-refractivity contribution in [3.63, 3.8) is 0 Å². The minimum atomic E-state index is -0.331. The van der Waals surface area contributed by atoms with Gasteiger partial charge in [0.05, 0.1) is 6.10 Å². The van der Waals surface area contributed by atoms with Crippen molar-refractivity contribution in [3.8, 4) is 0 Å². The lowest BCUT2D eigenvalue weighted by molar-refractivity contribution is -0.212. The second-order valence-electron chi connectivity index (χ2n) is 7.58. The second-order valence-corrected chi connectivity index (χ2v) is 7.58. The van der Waals surface area contributed by atoms with Gasteiger partial charge >= 0.3 is 0 Å². The number of carbonyl (C=O) groups excluding carboxylic acids is 1. The van der Waals surface area contributed by atoms with E-state index in [1.807, 2.05) is 0 Å². The van der Waals surface area contributed by atoms with E-state index in [-0.39, 0.29) is 23.2 Å². The Kier molecular flexibility index (Phi) is 4.00. The van der Waals surface area contributed by atoms with E-state index in [4.69, 9.17) is 9.47 Å². The number of Topliss-reactive ketones (excluding diaryl/α,β-unsaturated/α-hetero) is 1. The molecule has 0 radical (unpaired) electrons. The van der Waals surface area contributed by atoms with E-state index in [9.17, 15) is 4.79 Å². The summed E-state index contributed by atoms with van der Waals surface area (Å²) in [4.78, 5) is 12.3. The third kappa shape index (κ3) is 2.59. The van der Waals surface area contributed by atoms with Crippen LogP contribution in [0, 0.1) is 10.8 Å². The fourth-order valence-electron chi connectivity index (χ4n) is 4.42. The molecule has 1 heterocycles. The minimum absolute atomic E-state index is 0.00350. The van der Waals surface area contributed by atoms with Crippen LogP contribution in [-0.2, 0) is 14.3 Å². The maximum atomic E-state index is 12.3. The molecule has 0 bridgehead atoms. The van der Waals surface area contributed by atoms with Crippen LogP contribution in [-0.4, -0.2) is 24.8 Å². The highest BCUT2D eigenvalue weighted by Crippen LogP contribution is 2.54. The van der Waals surface area contributed by atoms with Crippen molar-refractivity contribution in [2.24, 2.45) is 10.8 Å². The van der Waals surface area contributed by atoms with E-state index in [2.05, 4.69) is 26.8 Å². The quantitative estimate of drug-likeness (QED) is 0.721. The normalized spacial score (nSPS) is 39.6. The molecule has 2 aliphatic carbocycles. The van der Waals surface area contributed by atoms with Gasteiger partial charge in [-0.25, -0.2) is 0 Å². The number of fused-ring (bicyclic) bond motifs is 1. The highest BCUT2D eigenvalue weighted by Gasteiger charge is 2.52. The van der Waals surface area contributed by atoms with Gasteiger partial charge in [0.15, 0.2) is 6.29 Å². The Morgan fingerprint density at radius 3 is 2.76 bits per heavy atom. The van der Waals surface area contributed by atoms with E-state index >= 15 is 0 Å². The zero-order valence-corrected chi connectivity index (χ0v) is 13.6. The molecular formula is C18H28O3. The first-order valence-electron chi connectivity index (χ1n) is 8.46. The maximum absolute atomic E-state index is 12.3. The van der Waals surface area contributed by atoms with E-state index in [1.165, 1.54) is 12.0 Å². The standard InChI is InChI=1S/C18H28O3/c1-17(2)13-7-6-8-15(18(13,3)11-10-14(17)19)21-16-9-4-5-12-20-16/h7,15-16H,4-6,8-12H2,1-3H3/t15?,16?,18-/m1/s1. The molecule has 3 heteroatoms. The van der Waals surface area contributed by atoms with E-state index in [0.717, 1.165) is 38.7 Å². The molecule has 1 aliphatic heterocycles. The predicted molar refractivity (Wildman–Crippen MR) is 81.9 cm³/mol. The summed E-state index contributed by atoms with van der Waals surface area (Å²) in [5.41, 5.74) is 0.970. The third-order valence-electron chi connectivity index (χ3n) is 5.80. The Balaban J connectivity index is 1.81. The molecule has 21 heavy (non-hydrogen) atoms. The Morgan fingerprint density at radius 1 is 1.24 bits per heavy atom. The first-order valence-corrected chi connectivity index (χ1v) is 8.46. The number of rotatable bonds is 2. The number of ether oxygens (including phenoxy) is 2. The SMILES string of the molecule is CC1(C)C(=O)CC[C@]2(C)C1=CCCC2OC1CCCCO1. The van der Waals surface area contributed by atoms with Crippen LogP contribution in [0.15, 0.2) is 11.6 Å². The van der Waals surface area contributed by atoms with Crippen molar-refractivity contribution >= 4 is 5.78 Å². The largest absolute Gasteiger partial charge is 0.353 e. The molecule has 0 N–H and O–H groups in total. The van der Waals surface area contributed by atoms with E-state index in [1.54, 1.807) is 0 Å². The molecule has 118 valence electrons. The summed E-state index contributed by atoms with van der Waals surface area (Å²) in [6, 6.07) is 0. The molecule has 3 atom stereocenters. The lowest BCUT2D eigenvalue weighted by Crippen LogP contribution is -2.50. The number of hydrogen-bond donors (Lipinski definition) is 0. The number of allylic oxidation sites excluding steroid dienone is 1. The fraction of sp³-hybridized carbons (Fsp3) is 0.833. The molecule has 0 spiro atoms. The molecule has 0 amide bonds. The van der Waals surface area contributed by atoms with Gasteiger partial charge in [0, 0.05) is 23.9 Å². The van der Waals surface area contributed by atoms with Gasteiger partial charge in [-0.15, -0.1) is 0 Å². The predicted octanol–water partition coefficient (Wildman–Crippen LogP) is 4.01. The van der Waals surface area contributed by atoms with Gasteiger partial charge in [0.1, 0.15) is 5.78 Å². The van der Waals surface area contributed by atoms with Gasteiger partial charge in [-0.1, -0.05) is 18.6 Å². The van der Waals surface area contributed by atoms with Crippen molar-refractivity contribution in [3.05, 3.63) is 11.6 Å². The Labute approximate surface area is 128 Å². The highest BCUT2D eigenvalue weighted by atomic mass is 16.7. The molecule has 0 aromatic carbocycles. The molecule has 2 fully saturated rings. The summed E-state index contributed by atoms with van der Waals surface area (Å²) in [7, 11) is 0. The first kappa shape index (κ1) is 15.2. The second kappa shape index (κ2) is 5.51. The summed E-state index contributed by atoms with van der Waals surface area (Å²) in [6.07, 6.45) is 9.45. The fourth-order valence-corrected chi connectivity index (χ4v) is 4.42. The lowest BCUT2D eigenvalue weighted by atomic mass is 9.55. The zero-order valence-electron chi connectivity index (χ0n) is 13.6. The maximum Gasteiger partial charge on any atom is 0.157 e. The lowest BCUT2D eigenvalue weighted by Gasteiger charge is -2.51. The van der Waals surface area contributed by atoms with Crippen LogP contribution in [0.25, 0.3) is 0 Å². The topological polar surface area (TPSA) is 35.5 Å². The highest BCUT2D eigenvalue weighted by molar-refractivity contribution is 5.89. The molecule has 2 unspecified atom stereocenters. The third-order valence-corrected chi connectivity index (χ3v) is 5.80. The Hall–Kier alpha value is -0.670. The van der Waals surface area contributed by atoms with Gasteiger partial charge in [-0.05, 0) is 52.4 Å². The van der Waals surface area contributed by atoms with Gasteiger partial charge in [0.2, 0.25) is 0 Å². The Morgan fingerprint density at radius 2 is 2.05 bits per heavy atom. The summed E-state index contributed by atoms with van der Waals surface area (Å²) in [6.45, 7) is 7.27. The van der Waals surface area contributed by atoms with Crippen LogP contribution in [0.1, 0.15) is 65.7 Å². The van der Waals surface area contributed by atoms with Crippen LogP contribution < -0.4 is 0 Å². The first-order chi connectivity index (χ1) is 9.94. The monoisotopic (exact) mass is 292 g/mol. The molecule has 0 aromatic rings. The van der Waals surface area contributed by atoms with E-state index in [0.29, 0.717) is 12.2 Å². The van der Waals surface area contributed by atoms with Gasteiger partial charge in [-0.2, -0.15) is 0 Å². The summed E-state index contributed by atoms with van der Waals surface area (Å²) < 4.78 is 12.1. The molecule has 3 rings (SSSR count). The molecule has 3 aliphatic rings. The van der Waals surface area contributed by atoms with Crippen molar-refractivity contribution < 1.29 is 14.3 Å². The van der Waals surface area contributed by atoms with Crippen molar-refractivity contribution in [1.29, 1.82) is 0 Å². The van der Waals surface area contributed by atoms with Crippen LogP contribution in [0.4, 0.5) is 0 Å². The van der Waals surface area contributed by atoms with Gasteiger partial charge in [0.25, 0.3) is 0 Å². The molecule has 1 saturated carbocycles. The van der Waals surface area contributed by atoms with Crippen LogP contribution in [0.5, 0.6) is 0 Å². The van der Waals surface area contributed by atoms with Gasteiger partial charge < -0.3 is 9.47 Å². The molecule has 0 aromatic heterocycles. The van der Waals surface area contributed by atoms with Crippen LogP contribution in [0.3, 0.4) is 0 Å². The summed E-state index contributed by atoms with van der Waals surface area (Å²) in [5.74, 6) is 0.376. The van der Waals surface area contributed by atoms with Crippen molar-refractivity contribution in [1.82, 2.24) is 0 Å². The van der Waals surface area contributed by atoms with Crippen LogP contribution >= 0.6 is 0 Å². The smallest absolute Gasteiger partial charge is 0.157 e. The Bertz CT molecular complexity index is 445. The average Bonchev–Trinajstić information content (AvgIpc) is 2.47. The molecule has 1 saturated heterocycles. The summed E-state index contributed by atoms with van der Waals surface area (Å²) in [5, 5.41) is 0. The van der Waals surface area contributed by atoms with E-state index < -0.39 is 0 Å². The minimum Gasteiger partial charge on any atom is -0.353 e. The zero-order chi connectivity index (χ0) is 15.1. The van der Waals surface area contributed by atoms with Gasteiger partial charge in [-0.3, -0.25) is 4.79 Å². The van der Waals surface area contributed by atoms with Crippen molar-refractivity contribution in [2.75, 3.05) is 6.61 Å². The molecule has 3 nitrogen and oxygen atoms in total. The summed E-state index contributed by atoms with van der Waals surface area (Å²) >= 11 is 0. The number of hydrogen-bond acceptors (Lipinski definition) is 3. The van der Waals surface area contributed by atoms with Crippen LogP contribution in [0.2, 0.25) is 0 Å². The van der Waals surface area contributed by atoms with Crippen molar-refractivity contribution in [2.45, 2.75) is 78.1 Å². The molecular weight excluding hydrogens is 264 g/mol.